The van der Waals surface area contributed by atoms with Crippen LogP contribution in [-0.2, 0) is 11.2 Å². The molecule has 20 heavy (non-hydrogen) atoms. The molecule has 1 fully saturated rings. The highest BCUT2D eigenvalue weighted by molar-refractivity contribution is 5.37. The van der Waals surface area contributed by atoms with Crippen LogP contribution >= 0.6 is 0 Å². The van der Waals surface area contributed by atoms with Crippen LogP contribution in [0.5, 0.6) is 0 Å². The van der Waals surface area contributed by atoms with Crippen LogP contribution in [0.1, 0.15) is 44.2 Å². The van der Waals surface area contributed by atoms with Gasteiger partial charge in [0.25, 0.3) is 5.56 Å². The Hall–Kier alpha value is -1.40. The quantitative estimate of drug-likeness (QED) is 0.843. The standard InChI is InChI=1S/C14H24N4O2/c1-3-5-10-12(15)16-13(17-14(10)19)11-9-18(6-4-2)7-8-20-11/h11H,3-9H2,1-2H3,(H3,15,16,17,19). The second kappa shape index (κ2) is 6.85. The number of rotatable bonds is 5. The third kappa shape index (κ3) is 3.37. The van der Waals surface area contributed by atoms with Crippen LogP contribution in [0.3, 0.4) is 0 Å². The number of nitrogens with two attached hydrogens (primary N) is 1. The van der Waals surface area contributed by atoms with Gasteiger partial charge in [-0.05, 0) is 19.4 Å². The highest BCUT2D eigenvalue weighted by atomic mass is 16.5. The first-order chi connectivity index (χ1) is 9.65. The predicted molar refractivity (Wildman–Crippen MR) is 78.7 cm³/mol. The van der Waals surface area contributed by atoms with E-state index >= 15 is 0 Å². The summed E-state index contributed by atoms with van der Waals surface area (Å²) in [5.74, 6) is 0.884. The number of aromatic amines is 1. The Morgan fingerprint density at radius 1 is 1.45 bits per heavy atom. The summed E-state index contributed by atoms with van der Waals surface area (Å²) in [7, 11) is 0. The number of hydrogen-bond acceptors (Lipinski definition) is 5. The molecule has 1 aliphatic heterocycles. The zero-order valence-corrected chi connectivity index (χ0v) is 12.3. The molecule has 1 unspecified atom stereocenters. The normalized spacial score (nSPS) is 20.2. The molecular formula is C14H24N4O2. The molecule has 0 amide bonds. The van der Waals surface area contributed by atoms with Crippen LogP contribution < -0.4 is 11.3 Å². The van der Waals surface area contributed by atoms with E-state index in [2.05, 4.69) is 21.8 Å². The molecule has 112 valence electrons. The van der Waals surface area contributed by atoms with Crippen molar-refractivity contribution in [1.29, 1.82) is 0 Å². The molecule has 2 rings (SSSR count). The molecule has 6 heteroatoms. The van der Waals surface area contributed by atoms with Crippen molar-refractivity contribution in [3.8, 4) is 0 Å². The maximum atomic E-state index is 12.1. The Morgan fingerprint density at radius 2 is 2.25 bits per heavy atom. The van der Waals surface area contributed by atoms with Gasteiger partial charge in [0, 0.05) is 13.1 Å². The lowest BCUT2D eigenvalue weighted by Gasteiger charge is -2.32. The predicted octanol–water partition coefficient (Wildman–Crippen LogP) is 1.09. The van der Waals surface area contributed by atoms with E-state index in [1.807, 2.05) is 6.92 Å². The van der Waals surface area contributed by atoms with Gasteiger partial charge in [-0.25, -0.2) is 4.98 Å². The molecular weight excluding hydrogens is 256 g/mol. The molecule has 0 spiro atoms. The van der Waals surface area contributed by atoms with Crippen molar-refractivity contribution in [3.63, 3.8) is 0 Å². The van der Waals surface area contributed by atoms with Gasteiger partial charge in [0.15, 0.2) is 0 Å². The van der Waals surface area contributed by atoms with E-state index in [-0.39, 0.29) is 11.7 Å². The molecule has 0 bridgehead atoms. The van der Waals surface area contributed by atoms with Gasteiger partial charge in [0.2, 0.25) is 0 Å². The van der Waals surface area contributed by atoms with Gasteiger partial charge in [0.1, 0.15) is 17.7 Å². The number of hydrogen-bond donors (Lipinski definition) is 2. The van der Waals surface area contributed by atoms with Crippen molar-refractivity contribution in [3.05, 3.63) is 21.7 Å². The zero-order chi connectivity index (χ0) is 14.5. The molecule has 0 radical (unpaired) electrons. The highest BCUT2D eigenvalue weighted by Crippen LogP contribution is 2.20. The Kier molecular flexibility index (Phi) is 5.14. The molecule has 1 aromatic rings. The first kappa shape index (κ1) is 15.0. The van der Waals surface area contributed by atoms with Crippen LogP contribution in [0, 0.1) is 0 Å². The average Bonchev–Trinajstić information content (AvgIpc) is 2.43. The summed E-state index contributed by atoms with van der Waals surface area (Å²) < 4.78 is 5.72. The van der Waals surface area contributed by atoms with Crippen molar-refractivity contribution < 1.29 is 4.74 Å². The number of anilines is 1. The fourth-order valence-electron chi connectivity index (χ4n) is 2.56. The minimum absolute atomic E-state index is 0.134. The summed E-state index contributed by atoms with van der Waals surface area (Å²) in [5.41, 5.74) is 6.36. The number of nitrogens with zero attached hydrogens (tertiary/aromatic N) is 2. The third-order valence-electron chi connectivity index (χ3n) is 3.56. The van der Waals surface area contributed by atoms with E-state index in [0.29, 0.717) is 30.2 Å². The molecule has 0 aliphatic carbocycles. The van der Waals surface area contributed by atoms with Crippen LogP contribution in [0.4, 0.5) is 5.82 Å². The first-order valence-electron chi connectivity index (χ1n) is 7.38. The number of nitrogens with one attached hydrogen (secondary N) is 1. The molecule has 1 saturated heterocycles. The summed E-state index contributed by atoms with van der Waals surface area (Å²) in [6.07, 6.45) is 2.44. The number of morpholine rings is 1. The summed E-state index contributed by atoms with van der Waals surface area (Å²) in [6.45, 7) is 7.54. The van der Waals surface area contributed by atoms with Crippen LogP contribution in [0.2, 0.25) is 0 Å². The van der Waals surface area contributed by atoms with E-state index < -0.39 is 0 Å². The number of ether oxygens (including phenoxy) is 1. The van der Waals surface area contributed by atoms with Crippen molar-refractivity contribution in [1.82, 2.24) is 14.9 Å². The highest BCUT2D eigenvalue weighted by Gasteiger charge is 2.24. The van der Waals surface area contributed by atoms with Gasteiger partial charge in [-0.3, -0.25) is 9.69 Å². The Labute approximate surface area is 119 Å². The monoisotopic (exact) mass is 280 g/mol. The van der Waals surface area contributed by atoms with E-state index in [1.165, 1.54) is 0 Å². The molecule has 3 N–H and O–H groups in total. The lowest BCUT2D eigenvalue weighted by Crippen LogP contribution is -2.40. The number of aromatic nitrogens is 2. The molecule has 2 heterocycles. The van der Waals surface area contributed by atoms with Gasteiger partial charge in [0.05, 0.1) is 12.2 Å². The van der Waals surface area contributed by atoms with Crippen molar-refractivity contribution >= 4 is 5.82 Å². The molecule has 1 aliphatic rings. The smallest absolute Gasteiger partial charge is 0.256 e. The van der Waals surface area contributed by atoms with E-state index in [4.69, 9.17) is 10.5 Å². The summed E-state index contributed by atoms with van der Waals surface area (Å²) in [4.78, 5) is 21.6. The van der Waals surface area contributed by atoms with Gasteiger partial charge in [-0.15, -0.1) is 0 Å². The maximum Gasteiger partial charge on any atom is 0.256 e. The Bertz CT molecular complexity index is 498. The first-order valence-corrected chi connectivity index (χ1v) is 7.38. The second-order valence-corrected chi connectivity index (χ2v) is 5.23. The van der Waals surface area contributed by atoms with Gasteiger partial charge in [-0.1, -0.05) is 20.3 Å². The SMILES string of the molecule is CCCc1c(N)nc(C2CN(CCC)CCO2)[nH]c1=O. The molecule has 6 nitrogen and oxygen atoms in total. The Balaban J connectivity index is 2.18. The zero-order valence-electron chi connectivity index (χ0n) is 12.3. The average molecular weight is 280 g/mol. The topological polar surface area (TPSA) is 84.2 Å². The van der Waals surface area contributed by atoms with E-state index in [0.717, 1.165) is 32.5 Å². The van der Waals surface area contributed by atoms with E-state index in [9.17, 15) is 4.79 Å². The summed E-state index contributed by atoms with van der Waals surface area (Å²) in [6, 6.07) is 0. The summed E-state index contributed by atoms with van der Waals surface area (Å²) in [5, 5.41) is 0. The van der Waals surface area contributed by atoms with Crippen molar-refractivity contribution in [2.24, 2.45) is 0 Å². The van der Waals surface area contributed by atoms with Crippen LogP contribution in [0.25, 0.3) is 0 Å². The van der Waals surface area contributed by atoms with Gasteiger partial charge in [-0.2, -0.15) is 0 Å². The van der Waals surface area contributed by atoms with Gasteiger partial charge < -0.3 is 15.5 Å². The minimum Gasteiger partial charge on any atom is -0.383 e. The lowest BCUT2D eigenvalue weighted by atomic mass is 10.1. The number of nitrogen functional groups attached to an aromatic ring is 1. The molecule has 0 saturated carbocycles. The fraction of sp³-hybridized carbons (Fsp3) is 0.714. The van der Waals surface area contributed by atoms with E-state index in [1.54, 1.807) is 0 Å². The summed E-state index contributed by atoms with van der Waals surface area (Å²) >= 11 is 0. The third-order valence-corrected chi connectivity index (χ3v) is 3.56. The molecule has 0 aromatic carbocycles. The van der Waals surface area contributed by atoms with Crippen molar-refractivity contribution in [2.45, 2.75) is 39.2 Å². The van der Waals surface area contributed by atoms with Crippen LogP contribution in [-0.4, -0.2) is 41.1 Å². The maximum absolute atomic E-state index is 12.1. The largest absolute Gasteiger partial charge is 0.383 e. The van der Waals surface area contributed by atoms with Crippen molar-refractivity contribution in [2.75, 3.05) is 32.0 Å². The molecule has 1 aromatic heterocycles. The lowest BCUT2D eigenvalue weighted by molar-refractivity contribution is -0.0342. The molecule has 1 atom stereocenters. The number of H-pyrrole nitrogens is 1. The minimum atomic E-state index is -0.194. The van der Waals surface area contributed by atoms with Gasteiger partial charge >= 0.3 is 0 Å². The second-order valence-electron chi connectivity index (χ2n) is 5.23. The van der Waals surface area contributed by atoms with Crippen LogP contribution in [0.15, 0.2) is 4.79 Å². The fourth-order valence-corrected chi connectivity index (χ4v) is 2.56. The Morgan fingerprint density at radius 3 is 2.90 bits per heavy atom.